The van der Waals surface area contributed by atoms with Crippen LogP contribution in [0, 0.1) is 6.92 Å². The van der Waals surface area contributed by atoms with E-state index in [-0.39, 0.29) is 12.5 Å². The number of anilines is 2. The summed E-state index contributed by atoms with van der Waals surface area (Å²) in [7, 11) is 0. The molecule has 0 spiro atoms. The standard InChI is InChI=1S/C15H21N5O/c1-4-12-17-13(5-2)20(19-12)9-14(21)18-15-10(3)7-6-8-11(15)16/h6-8H,4-5,9,16H2,1-3H3,(H,18,21). The van der Waals surface area contributed by atoms with Crippen molar-refractivity contribution in [1.29, 1.82) is 0 Å². The van der Waals surface area contributed by atoms with Crippen LogP contribution < -0.4 is 11.1 Å². The molecule has 0 radical (unpaired) electrons. The van der Waals surface area contributed by atoms with Crippen LogP contribution in [0.15, 0.2) is 18.2 Å². The van der Waals surface area contributed by atoms with E-state index in [1.54, 1.807) is 10.7 Å². The van der Waals surface area contributed by atoms with Gasteiger partial charge in [-0.2, -0.15) is 5.10 Å². The van der Waals surface area contributed by atoms with Crippen molar-refractivity contribution in [3.8, 4) is 0 Å². The van der Waals surface area contributed by atoms with Crippen LogP contribution in [-0.4, -0.2) is 20.7 Å². The average molecular weight is 287 g/mol. The minimum Gasteiger partial charge on any atom is -0.397 e. The van der Waals surface area contributed by atoms with Crippen molar-refractivity contribution in [2.24, 2.45) is 0 Å². The zero-order chi connectivity index (χ0) is 15.4. The lowest BCUT2D eigenvalue weighted by atomic mass is 10.1. The van der Waals surface area contributed by atoms with Gasteiger partial charge in [0.1, 0.15) is 12.4 Å². The quantitative estimate of drug-likeness (QED) is 0.823. The second-order valence-electron chi connectivity index (χ2n) is 4.90. The number of hydrogen-bond acceptors (Lipinski definition) is 4. The predicted molar refractivity (Wildman–Crippen MR) is 83.0 cm³/mol. The third-order valence-electron chi connectivity index (χ3n) is 3.29. The number of nitrogens with one attached hydrogen (secondary N) is 1. The van der Waals surface area contributed by atoms with Gasteiger partial charge in [0.2, 0.25) is 5.91 Å². The molecule has 0 atom stereocenters. The fraction of sp³-hybridized carbons (Fsp3) is 0.400. The van der Waals surface area contributed by atoms with Crippen LogP contribution in [0.2, 0.25) is 0 Å². The largest absolute Gasteiger partial charge is 0.397 e. The van der Waals surface area contributed by atoms with E-state index < -0.39 is 0 Å². The van der Waals surface area contributed by atoms with Crippen LogP contribution in [-0.2, 0) is 24.2 Å². The molecule has 1 aromatic heterocycles. The van der Waals surface area contributed by atoms with Crippen molar-refractivity contribution >= 4 is 17.3 Å². The van der Waals surface area contributed by atoms with Gasteiger partial charge in [0.05, 0.1) is 11.4 Å². The van der Waals surface area contributed by atoms with E-state index in [0.717, 1.165) is 30.1 Å². The maximum absolute atomic E-state index is 12.2. The highest BCUT2D eigenvalue weighted by Crippen LogP contribution is 2.22. The van der Waals surface area contributed by atoms with Gasteiger partial charge < -0.3 is 11.1 Å². The number of aromatic nitrogens is 3. The summed E-state index contributed by atoms with van der Waals surface area (Å²) in [6.07, 6.45) is 1.50. The van der Waals surface area contributed by atoms with Crippen molar-refractivity contribution in [2.45, 2.75) is 40.2 Å². The van der Waals surface area contributed by atoms with Crippen LogP contribution in [0.1, 0.15) is 31.1 Å². The van der Waals surface area contributed by atoms with Crippen LogP contribution in [0.25, 0.3) is 0 Å². The number of nitrogens with zero attached hydrogens (tertiary/aromatic N) is 3. The fourth-order valence-corrected chi connectivity index (χ4v) is 2.14. The van der Waals surface area contributed by atoms with E-state index in [1.165, 1.54) is 0 Å². The first-order chi connectivity index (χ1) is 10.0. The van der Waals surface area contributed by atoms with Crippen LogP contribution >= 0.6 is 0 Å². The molecule has 6 nitrogen and oxygen atoms in total. The Bertz CT molecular complexity index is 627. The molecular formula is C15H21N5O. The van der Waals surface area contributed by atoms with Crippen LogP contribution in [0.5, 0.6) is 0 Å². The summed E-state index contributed by atoms with van der Waals surface area (Å²) >= 11 is 0. The molecule has 1 amide bonds. The molecule has 0 unspecified atom stereocenters. The number of amides is 1. The van der Waals surface area contributed by atoms with Gasteiger partial charge in [-0.3, -0.25) is 4.79 Å². The maximum Gasteiger partial charge on any atom is 0.246 e. The average Bonchev–Trinajstić information content (AvgIpc) is 2.85. The van der Waals surface area contributed by atoms with E-state index >= 15 is 0 Å². The number of carbonyl (C=O) groups excluding carboxylic acids is 1. The molecule has 0 saturated heterocycles. The molecular weight excluding hydrogens is 266 g/mol. The Labute approximate surface area is 124 Å². The molecule has 0 bridgehead atoms. The molecule has 1 heterocycles. The highest BCUT2D eigenvalue weighted by molar-refractivity contribution is 5.94. The van der Waals surface area contributed by atoms with Gasteiger partial charge in [-0.25, -0.2) is 9.67 Å². The smallest absolute Gasteiger partial charge is 0.246 e. The minimum atomic E-state index is -0.154. The first kappa shape index (κ1) is 15.0. The van der Waals surface area contributed by atoms with E-state index in [9.17, 15) is 4.79 Å². The number of nitrogen functional groups attached to an aromatic ring is 1. The topological polar surface area (TPSA) is 85.8 Å². The molecule has 0 fully saturated rings. The van der Waals surface area contributed by atoms with Crippen molar-refractivity contribution in [2.75, 3.05) is 11.1 Å². The third kappa shape index (κ3) is 3.39. The molecule has 0 aliphatic carbocycles. The van der Waals surface area contributed by atoms with Crippen molar-refractivity contribution in [3.05, 3.63) is 35.4 Å². The summed E-state index contributed by atoms with van der Waals surface area (Å²) < 4.78 is 1.66. The number of nitrogens with two attached hydrogens (primary N) is 1. The van der Waals surface area contributed by atoms with Gasteiger partial charge in [0.25, 0.3) is 0 Å². The van der Waals surface area contributed by atoms with E-state index in [1.807, 2.05) is 32.9 Å². The lowest BCUT2D eigenvalue weighted by Gasteiger charge is -2.11. The lowest BCUT2D eigenvalue weighted by Crippen LogP contribution is -2.22. The molecule has 0 aliphatic heterocycles. The molecule has 0 saturated carbocycles. The SMILES string of the molecule is CCc1nc(CC)n(CC(=O)Nc2c(C)cccc2N)n1. The Morgan fingerprint density at radius 2 is 2.10 bits per heavy atom. The van der Waals surface area contributed by atoms with Crippen LogP contribution in [0.3, 0.4) is 0 Å². The van der Waals surface area contributed by atoms with Crippen molar-refractivity contribution < 1.29 is 4.79 Å². The number of aryl methyl sites for hydroxylation is 3. The second kappa shape index (κ2) is 6.39. The monoisotopic (exact) mass is 287 g/mol. The molecule has 3 N–H and O–H groups in total. The molecule has 6 heteroatoms. The molecule has 1 aromatic carbocycles. The van der Waals surface area contributed by atoms with E-state index in [4.69, 9.17) is 5.73 Å². The molecule has 2 rings (SSSR count). The molecule has 112 valence electrons. The Morgan fingerprint density at radius 3 is 2.71 bits per heavy atom. The summed E-state index contributed by atoms with van der Waals surface area (Å²) in [4.78, 5) is 16.6. The van der Waals surface area contributed by atoms with Gasteiger partial charge in [-0.05, 0) is 18.6 Å². The number of para-hydroxylation sites is 1. The maximum atomic E-state index is 12.2. The van der Waals surface area contributed by atoms with Gasteiger partial charge in [0, 0.05) is 12.8 Å². The lowest BCUT2D eigenvalue weighted by molar-refractivity contribution is -0.117. The van der Waals surface area contributed by atoms with E-state index in [2.05, 4.69) is 15.4 Å². The predicted octanol–water partition coefficient (Wildman–Crippen LogP) is 1.93. The first-order valence-corrected chi connectivity index (χ1v) is 7.12. The summed E-state index contributed by atoms with van der Waals surface area (Å²) in [5, 5.41) is 7.19. The molecule has 2 aromatic rings. The van der Waals surface area contributed by atoms with Crippen LogP contribution in [0.4, 0.5) is 11.4 Å². The second-order valence-corrected chi connectivity index (χ2v) is 4.90. The zero-order valence-corrected chi connectivity index (χ0v) is 12.7. The van der Waals surface area contributed by atoms with Gasteiger partial charge in [-0.15, -0.1) is 0 Å². The fourth-order valence-electron chi connectivity index (χ4n) is 2.14. The number of benzene rings is 1. The first-order valence-electron chi connectivity index (χ1n) is 7.12. The number of hydrogen-bond donors (Lipinski definition) is 2. The van der Waals surface area contributed by atoms with Gasteiger partial charge in [-0.1, -0.05) is 26.0 Å². The highest BCUT2D eigenvalue weighted by atomic mass is 16.2. The normalized spacial score (nSPS) is 10.6. The summed E-state index contributed by atoms with van der Waals surface area (Å²) in [5.74, 6) is 1.42. The highest BCUT2D eigenvalue weighted by Gasteiger charge is 2.13. The minimum absolute atomic E-state index is 0.143. The number of carbonyl (C=O) groups is 1. The summed E-state index contributed by atoms with van der Waals surface area (Å²) in [5.41, 5.74) is 8.06. The Hall–Kier alpha value is -2.37. The van der Waals surface area contributed by atoms with Gasteiger partial charge >= 0.3 is 0 Å². The zero-order valence-electron chi connectivity index (χ0n) is 12.7. The van der Waals surface area contributed by atoms with Crippen molar-refractivity contribution in [1.82, 2.24) is 14.8 Å². The Kier molecular flexibility index (Phi) is 4.57. The number of rotatable bonds is 5. The molecule has 21 heavy (non-hydrogen) atoms. The third-order valence-corrected chi connectivity index (χ3v) is 3.29. The Morgan fingerprint density at radius 1 is 1.33 bits per heavy atom. The summed E-state index contributed by atoms with van der Waals surface area (Å²) in [6, 6.07) is 5.54. The van der Waals surface area contributed by atoms with Crippen molar-refractivity contribution in [3.63, 3.8) is 0 Å². The van der Waals surface area contributed by atoms with E-state index in [0.29, 0.717) is 11.4 Å². The summed E-state index contributed by atoms with van der Waals surface area (Å²) in [6.45, 7) is 6.04. The van der Waals surface area contributed by atoms with Gasteiger partial charge in [0.15, 0.2) is 5.82 Å². The molecule has 0 aliphatic rings. The Balaban J connectivity index is 2.13.